The number of alkyl halides is 2. The molecule has 0 bridgehead atoms. The van der Waals surface area contributed by atoms with Crippen molar-refractivity contribution in [3.8, 4) is 0 Å². The van der Waals surface area contributed by atoms with Crippen LogP contribution in [-0.4, -0.2) is 37.4 Å². The summed E-state index contributed by atoms with van der Waals surface area (Å²) < 4.78 is 24.1. The fraction of sp³-hybridized carbons (Fsp3) is 0.417. The number of halogens is 2. The van der Waals surface area contributed by atoms with Crippen LogP contribution in [0, 0.1) is 0 Å². The van der Waals surface area contributed by atoms with Gasteiger partial charge in [0.15, 0.2) is 0 Å². The van der Waals surface area contributed by atoms with Crippen molar-refractivity contribution >= 4 is 17.3 Å². The van der Waals surface area contributed by atoms with Crippen molar-refractivity contribution in [1.29, 1.82) is 0 Å². The van der Waals surface area contributed by atoms with E-state index in [0.717, 1.165) is 0 Å². The summed E-state index contributed by atoms with van der Waals surface area (Å²) in [6.45, 7) is -0.0275. The Kier molecular flexibility index (Phi) is 5.51. The predicted octanol–water partition coefficient (Wildman–Crippen LogP) is 1.79. The van der Waals surface area contributed by atoms with E-state index < -0.39 is 6.43 Å². The summed E-state index contributed by atoms with van der Waals surface area (Å²) >= 11 is 0. The Morgan fingerprint density at radius 2 is 2.00 bits per heavy atom. The minimum absolute atomic E-state index is 0.174. The van der Waals surface area contributed by atoms with Gasteiger partial charge in [-0.1, -0.05) is 0 Å². The van der Waals surface area contributed by atoms with E-state index in [1.54, 1.807) is 31.3 Å². The van der Waals surface area contributed by atoms with Crippen LogP contribution < -0.4 is 11.1 Å². The number of rotatable bonds is 6. The SMILES string of the molecule is CN(CCC(=O)Nc1ccc(N)cc1)CC(F)F. The monoisotopic (exact) mass is 257 g/mol. The molecule has 18 heavy (non-hydrogen) atoms. The fourth-order valence-corrected chi connectivity index (χ4v) is 1.41. The number of amides is 1. The topological polar surface area (TPSA) is 58.4 Å². The number of anilines is 2. The maximum Gasteiger partial charge on any atom is 0.251 e. The van der Waals surface area contributed by atoms with Crippen molar-refractivity contribution in [2.24, 2.45) is 0 Å². The molecule has 100 valence electrons. The summed E-state index contributed by atoms with van der Waals surface area (Å²) in [5.41, 5.74) is 6.77. The van der Waals surface area contributed by atoms with Crippen LogP contribution in [-0.2, 0) is 4.79 Å². The van der Waals surface area contributed by atoms with E-state index >= 15 is 0 Å². The van der Waals surface area contributed by atoms with Crippen molar-refractivity contribution in [3.63, 3.8) is 0 Å². The Labute approximate surface area is 105 Å². The predicted molar refractivity (Wildman–Crippen MR) is 67.6 cm³/mol. The first-order valence-electron chi connectivity index (χ1n) is 5.59. The van der Waals surface area contributed by atoms with Crippen molar-refractivity contribution < 1.29 is 13.6 Å². The van der Waals surface area contributed by atoms with E-state index in [-0.39, 0.29) is 18.9 Å². The standard InChI is InChI=1S/C12H17F2N3O/c1-17(8-11(13)14)7-6-12(18)16-10-4-2-9(15)3-5-10/h2-5,11H,6-8,15H2,1H3,(H,16,18). The van der Waals surface area contributed by atoms with Gasteiger partial charge in [0.25, 0.3) is 6.43 Å². The van der Waals surface area contributed by atoms with Gasteiger partial charge in [-0.25, -0.2) is 8.78 Å². The molecule has 0 aliphatic rings. The number of benzene rings is 1. The third-order valence-corrected chi connectivity index (χ3v) is 2.36. The lowest BCUT2D eigenvalue weighted by Gasteiger charge is -2.15. The lowest BCUT2D eigenvalue weighted by atomic mass is 10.2. The van der Waals surface area contributed by atoms with Gasteiger partial charge in [-0.3, -0.25) is 4.79 Å². The van der Waals surface area contributed by atoms with E-state index in [1.165, 1.54) is 4.90 Å². The molecule has 0 atom stereocenters. The first-order chi connectivity index (χ1) is 8.47. The van der Waals surface area contributed by atoms with Gasteiger partial charge < -0.3 is 16.0 Å². The van der Waals surface area contributed by atoms with Gasteiger partial charge in [-0.05, 0) is 31.3 Å². The third kappa shape index (κ3) is 5.58. The van der Waals surface area contributed by atoms with Crippen LogP contribution in [0.5, 0.6) is 0 Å². The molecule has 3 N–H and O–H groups in total. The molecule has 0 fully saturated rings. The molecule has 6 heteroatoms. The number of hydrogen-bond donors (Lipinski definition) is 2. The van der Waals surface area contributed by atoms with E-state index in [0.29, 0.717) is 17.9 Å². The molecule has 0 saturated heterocycles. The molecule has 0 saturated carbocycles. The Morgan fingerprint density at radius 3 is 2.56 bits per heavy atom. The summed E-state index contributed by atoms with van der Waals surface area (Å²) in [5, 5.41) is 2.67. The fourth-order valence-electron chi connectivity index (χ4n) is 1.41. The molecule has 0 heterocycles. The number of nitrogens with one attached hydrogen (secondary N) is 1. The largest absolute Gasteiger partial charge is 0.399 e. The molecular weight excluding hydrogens is 240 g/mol. The molecule has 1 aromatic rings. The molecular formula is C12H17F2N3O. The maximum atomic E-state index is 12.0. The van der Waals surface area contributed by atoms with E-state index in [1.807, 2.05) is 0 Å². The second-order valence-electron chi connectivity index (χ2n) is 4.07. The molecule has 4 nitrogen and oxygen atoms in total. The van der Waals surface area contributed by atoms with E-state index in [4.69, 9.17) is 5.73 Å². The number of nitrogen functional groups attached to an aromatic ring is 1. The van der Waals surface area contributed by atoms with Crippen molar-refractivity contribution in [3.05, 3.63) is 24.3 Å². The van der Waals surface area contributed by atoms with Crippen LogP contribution >= 0.6 is 0 Å². The van der Waals surface area contributed by atoms with Crippen molar-refractivity contribution in [2.75, 3.05) is 31.2 Å². The zero-order valence-electron chi connectivity index (χ0n) is 10.2. The van der Waals surface area contributed by atoms with Gasteiger partial charge >= 0.3 is 0 Å². The number of nitrogens with zero attached hydrogens (tertiary/aromatic N) is 1. The van der Waals surface area contributed by atoms with E-state index in [9.17, 15) is 13.6 Å². The highest BCUT2D eigenvalue weighted by Crippen LogP contribution is 2.10. The molecule has 0 aliphatic carbocycles. The molecule has 1 aromatic carbocycles. The minimum atomic E-state index is -2.38. The smallest absolute Gasteiger partial charge is 0.251 e. The Bertz CT molecular complexity index is 381. The molecule has 1 amide bonds. The third-order valence-electron chi connectivity index (χ3n) is 2.36. The van der Waals surface area contributed by atoms with Crippen LogP contribution in [0.15, 0.2) is 24.3 Å². The van der Waals surface area contributed by atoms with Crippen LogP contribution in [0.3, 0.4) is 0 Å². The molecule has 0 aliphatic heterocycles. The lowest BCUT2D eigenvalue weighted by molar-refractivity contribution is -0.116. The first kappa shape index (κ1) is 14.4. The van der Waals surface area contributed by atoms with Crippen LogP contribution in [0.1, 0.15) is 6.42 Å². The van der Waals surface area contributed by atoms with Gasteiger partial charge in [0.05, 0.1) is 6.54 Å². The Balaban J connectivity index is 2.31. The van der Waals surface area contributed by atoms with Gasteiger partial charge in [0.1, 0.15) is 0 Å². The number of carbonyl (C=O) groups excluding carboxylic acids is 1. The van der Waals surface area contributed by atoms with Crippen LogP contribution in [0.25, 0.3) is 0 Å². The number of hydrogen-bond acceptors (Lipinski definition) is 3. The summed E-state index contributed by atoms with van der Waals surface area (Å²) in [6, 6.07) is 6.74. The highest BCUT2D eigenvalue weighted by Gasteiger charge is 2.09. The molecule has 0 spiro atoms. The first-order valence-corrected chi connectivity index (χ1v) is 5.59. The number of carbonyl (C=O) groups is 1. The molecule has 1 rings (SSSR count). The molecule has 0 aromatic heterocycles. The normalized spacial score (nSPS) is 10.9. The van der Waals surface area contributed by atoms with Crippen molar-refractivity contribution in [2.45, 2.75) is 12.8 Å². The maximum absolute atomic E-state index is 12.0. The summed E-state index contributed by atoms with van der Waals surface area (Å²) in [5.74, 6) is -0.208. The van der Waals surface area contributed by atoms with Gasteiger partial charge in [0, 0.05) is 24.3 Å². The highest BCUT2D eigenvalue weighted by molar-refractivity contribution is 5.90. The highest BCUT2D eigenvalue weighted by atomic mass is 19.3. The van der Waals surface area contributed by atoms with Gasteiger partial charge in [-0.2, -0.15) is 0 Å². The number of nitrogens with two attached hydrogens (primary N) is 1. The lowest BCUT2D eigenvalue weighted by Crippen LogP contribution is -2.28. The average Bonchev–Trinajstić information content (AvgIpc) is 2.29. The van der Waals surface area contributed by atoms with Crippen LogP contribution in [0.4, 0.5) is 20.2 Å². The van der Waals surface area contributed by atoms with Crippen molar-refractivity contribution in [1.82, 2.24) is 4.90 Å². The quantitative estimate of drug-likeness (QED) is 0.764. The van der Waals surface area contributed by atoms with Gasteiger partial charge in [0.2, 0.25) is 5.91 Å². The average molecular weight is 257 g/mol. The van der Waals surface area contributed by atoms with E-state index in [2.05, 4.69) is 5.32 Å². The zero-order valence-corrected chi connectivity index (χ0v) is 10.2. The van der Waals surface area contributed by atoms with Crippen LogP contribution in [0.2, 0.25) is 0 Å². The molecule has 0 unspecified atom stereocenters. The summed E-state index contributed by atoms with van der Waals surface area (Å²) in [7, 11) is 1.56. The minimum Gasteiger partial charge on any atom is -0.399 e. The van der Waals surface area contributed by atoms with Gasteiger partial charge in [-0.15, -0.1) is 0 Å². The molecule has 0 radical (unpaired) electrons. The second kappa shape index (κ2) is 6.90. The Hall–Kier alpha value is -1.69. The zero-order chi connectivity index (χ0) is 13.5. The summed E-state index contributed by atoms with van der Waals surface area (Å²) in [4.78, 5) is 13.0. The summed E-state index contributed by atoms with van der Waals surface area (Å²) in [6.07, 6.45) is -2.21. The Morgan fingerprint density at radius 1 is 1.39 bits per heavy atom. The second-order valence-corrected chi connectivity index (χ2v) is 4.07.